The van der Waals surface area contributed by atoms with Crippen LogP contribution < -0.4 is 20.3 Å². The van der Waals surface area contributed by atoms with E-state index in [0.717, 1.165) is 63.4 Å². The number of nitro benzene ring substituents is 1. The molecular formula is C38H45ClFN5O6S. The molecule has 0 radical (unpaired) electrons. The molecule has 0 aromatic heterocycles. The van der Waals surface area contributed by atoms with Crippen molar-refractivity contribution < 1.29 is 27.3 Å². The Labute approximate surface area is 309 Å². The quantitative estimate of drug-likeness (QED) is 0.137. The van der Waals surface area contributed by atoms with Crippen LogP contribution in [0.2, 0.25) is 5.02 Å². The molecule has 0 bridgehead atoms. The Hall–Kier alpha value is -4.04. The molecule has 52 heavy (non-hydrogen) atoms. The topological polar surface area (TPSA) is 143 Å². The molecule has 1 unspecified atom stereocenters. The number of carbonyl (C=O) groups excluding carboxylic acids is 1. The highest BCUT2D eigenvalue weighted by atomic mass is 35.5. The van der Waals surface area contributed by atoms with Crippen LogP contribution >= 0.6 is 11.6 Å². The third-order valence-electron chi connectivity index (χ3n) is 10.5. The van der Waals surface area contributed by atoms with Gasteiger partial charge in [-0.2, -0.15) is 0 Å². The number of ether oxygens (including phenoxy) is 1. The molecule has 2 aliphatic heterocycles. The van der Waals surface area contributed by atoms with Gasteiger partial charge in [0.25, 0.3) is 21.6 Å². The van der Waals surface area contributed by atoms with Crippen LogP contribution in [-0.4, -0.2) is 64.2 Å². The lowest BCUT2D eigenvalue weighted by Crippen LogP contribution is -2.57. The van der Waals surface area contributed by atoms with E-state index in [4.69, 9.17) is 16.3 Å². The third-order valence-corrected chi connectivity index (χ3v) is 12.1. The van der Waals surface area contributed by atoms with E-state index in [2.05, 4.69) is 41.5 Å². The van der Waals surface area contributed by atoms with Gasteiger partial charge in [0.15, 0.2) is 5.82 Å². The highest BCUT2D eigenvalue weighted by molar-refractivity contribution is 7.90. The molecule has 1 amide bonds. The molecule has 6 rings (SSSR count). The second kappa shape index (κ2) is 16.3. The minimum atomic E-state index is -4.66. The molecule has 3 aromatic rings. The maximum Gasteiger partial charge on any atom is 0.296 e. The van der Waals surface area contributed by atoms with Crippen molar-refractivity contribution in [3.05, 3.63) is 98.3 Å². The molecule has 1 aliphatic carbocycles. The monoisotopic (exact) mass is 753 g/mol. The molecule has 278 valence electrons. The maximum absolute atomic E-state index is 15.2. The zero-order chi connectivity index (χ0) is 37.0. The van der Waals surface area contributed by atoms with Crippen LogP contribution in [0.1, 0.15) is 68.3 Å². The number of nitrogens with zero attached hydrogens (tertiary/aromatic N) is 2. The normalized spacial score (nSPS) is 21.5. The van der Waals surface area contributed by atoms with Gasteiger partial charge < -0.3 is 20.3 Å². The number of anilines is 2. The van der Waals surface area contributed by atoms with Crippen LogP contribution in [-0.2, 0) is 14.8 Å². The summed E-state index contributed by atoms with van der Waals surface area (Å²) in [7, 11) is -4.66. The van der Waals surface area contributed by atoms with E-state index in [1.807, 2.05) is 16.9 Å². The molecule has 2 heterocycles. The largest absolute Gasteiger partial charge is 0.381 e. The second-order valence-corrected chi connectivity index (χ2v) is 16.2. The molecule has 3 atom stereocenters. The molecule has 3 aromatic carbocycles. The van der Waals surface area contributed by atoms with Gasteiger partial charge >= 0.3 is 0 Å². The number of benzene rings is 3. The Morgan fingerprint density at radius 3 is 2.48 bits per heavy atom. The highest BCUT2D eigenvalue weighted by Crippen LogP contribution is 2.40. The average molecular weight is 754 g/mol. The summed E-state index contributed by atoms with van der Waals surface area (Å²) in [5.74, 6) is -1.31. The van der Waals surface area contributed by atoms with Crippen molar-refractivity contribution in [2.24, 2.45) is 11.8 Å². The number of nitro groups is 1. The van der Waals surface area contributed by atoms with Gasteiger partial charge in [-0.25, -0.2) is 17.5 Å². The highest BCUT2D eigenvalue weighted by Gasteiger charge is 2.32. The van der Waals surface area contributed by atoms with E-state index < -0.39 is 42.9 Å². The summed E-state index contributed by atoms with van der Waals surface area (Å²) in [5, 5.41) is 19.0. The number of hydrogen-bond acceptors (Lipinski definition) is 9. The van der Waals surface area contributed by atoms with Crippen LogP contribution in [0.5, 0.6) is 0 Å². The van der Waals surface area contributed by atoms with Gasteiger partial charge in [0, 0.05) is 67.3 Å². The summed E-state index contributed by atoms with van der Waals surface area (Å²) >= 11 is 6.20. The number of amides is 1. The lowest BCUT2D eigenvalue weighted by molar-refractivity contribution is -0.384. The van der Waals surface area contributed by atoms with E-state index in [9.17, 15) is 23.3 Å². The van der Waals surface area contributed by atoms with Gasteiger partial charge in [-0.05, 0) is 111 Å². The Morgan fingerprint density at radius 2 is 1.79 bits per heavy atom. The van der Waals surface area contributed by atoms with E-state index in [1.165, 1.54) is 16.7 Å². The van der Waals surface area contributed by atoms with Crippen LogP contribution in [0.25, 0.3) is 5.57 Å². The van der Waals surface area contributed by atoms with Gasteiger partial charge in [0.2, 0.25) is 0 Å². The molecule has 14 heteroatoms. The summed E-state index contributed by atoms with van der Waals surface area (Å²) in [5.41, 5.74) is 3.87. The van der Waals surface area contributed by atoms with Crippen molar-refractivity contribution in [1.82, 2.24) is 10.0 Å². The van der Waals surface area contributed by atoms with Gasteiger partial charge in [-0.15, -0.1) is 0 Å². The fourth-order valence-corrected chi connectivity index (χ4v) is 8.62. The number of hydrogen-bond donors (Lipinski definition) is 3. The molecule has 0 saturated carbocycles. The molecule has 3 aliphatic rings. The van der Waals surface area contributed by atoms with Gasteiger partial charge in [-0.1, -0.05) is 36.2 Å². The Kier molecular flexibility index (Phi) is 11.8. The Bertz CT molecular complexity index is 1920. The first-order valence-electron chi connectivity index (χ1n) is 17.8. The first-order valence-corrected chi connectivity index (χ1v) is 19.7. The first kappa shape index (κ1) is 37.7. The SMILES string of the molecule is CC1NCCN(c2ccc(C(=O)NS(=O)(=O)c3cc(F)c(NCC4CCOCC4)c([N+](=O)[O-])c3)cc2)[C@@H]1CC1=C(c2ccc(Cl)cc2)C[C@@H](C)CC1. The molecule has 2 saturated heterocycles. The fraction of sp³-hybridized carbons (Fsp3) is 0.447. The number of sulfonamides is 1. The van der Waals surface area contributed by atoms with Crippen LogP contribution in [0.3, 0.4) is 0 Å². The minimum absolute atomic E-state index is 0.0748. The van der Waals surface area contributed by atoms with Gasteiger partial charge in [0.1, 0.15) is 5.69 Å². The smallest absolute Gasteiger partial charge is 0.296 e. The van der Waals surface area contributed by atoms with E-state index >= 15 is 4.39 Å². The summed E-state index contributed by atoms with van der Waals surface area (Å²) in [6.07, 6.45) is 5.47. The maximum atomic E-state index is 15.2. The third kappa shape index (κ3) is 8.76. The van der Waals surface area contributed by atoms with E-state index in [-0.39, 0.29) is 30.1 Å². The zero-order valence-electron chi connectivity index (χ0n) is 29.4. The number of allylic oxidation sites excluding steroid dienone is 1. The van der Waals surface area contributed by atoms with Gasteiger partial charge in [0.05, 0.1) is 9.82 Å². The summed E-state index contributed by atoms with van der Waals surface area (Å²) in [4.78, 5) is 25.8. The van der Waals surface area contributed by atoms with Crippen LogP contribution in [0.4, 0.5) is 21.5 Å². The lowest BCUT2D eigenvalue weighted by atomic mass is 9.78. The summed E-state index contributed by atoms with van der Waals surface area (Å²) in [6, 6.07) is 16.5. The molecular weight excluding hydrogens is 709 g/mol. The van der Waals surface area contributed by atoms with Gasteiger partial charge in [-0.3, -0.25) is 14.9 Å². The summed E-state index contributed by atoms with van der Waals surface area (Å²) < 4.78 is 48.9. The van der Waals surface area contributed by atoms with Crippen LogP contribution in [0.15, 0.2) is 71.1 Å². The Morgan fingerprint density at radius 1 is 1.08 bits per heavy atom. The number of piperazine rings is 1. The van der Waals surface area contributed by atoms with Crippen LogP contribution in [0, 0.1) is 27.8 Å². The van der Waals surface area contributed by atoms with Crippen molar-refractivity contribution >= 4 is 50.2 Å². The second-order valence-electron chi connectivity index (χ2n) is 14.1. The molecule has 2 fully saturated rings. The predicted molar refractivity (Wildman–Crippen MR) is 201 cm³/mol. The lowest BCUT2D eigenvalue weighted by Gasteiger charge is -2.43. The van der Waals surface area contributed by atoms with Crippen molar-refractivity contribution in [1.29, 1.82) is 0 Å². The number of rotatable bonds is 11. The standard InChI is InChI=1S/C38H45ClFN5O6S/c1-24-3-4-29(33(19-24)27-5-9-30(39)10-6-27)20-35-25(2)41-15-16-44(35)31-11-7-28(8-12-31)38(46)43-52(49,50)32-21-34(40)37(36(22-32)45(47)48)42-23-26-13-17-51-18-14-26/h5-12,21-22,24-26,35,41-42H,3-4,13-20,23H2,1-2H3,(H,43,46)/t24-,25?,35+/m0/s1. The molecule has 11 nitrogen and oxygen atoms in total. The summed E-state index contributed by atoms with van der Waals surface area (Å²) in [6.45, 7) is 7.38. The predicted octanol–water partition coefficient (Wildman–Crippen LogP) is 7.18. The Balaban J connectivity index is 1.17. The molecule has 0 spiro atoms. The first-order chi connectivity index (χ1) is 24.9. The zero-order valence-corrected chi connectivity index (χ0v) is 30.9. The van der Waals surface area contributed by atoms with Crippen molar-refractivity contribution in [2.45, 2.75) is 69.4 Å². The number of carbonyl (C=O) groups is 1. The van der Waals surface area contributed by atoms with E-state index in [1.54, 1.807) is 24.3 Å². The van der Waals surface area contributed by atoms with Crippen molar-refractivity contribution in [2.75, 3.05) is 43.1 Å². The minimum Gasteiger partial charge on any atom is -0.381 e. The van der Waals surface area contributed by atoms with Crippen molar-refractivity contribution in [3.8, 4) is 0 Å². The number of halogens is 2. The molecule has 3 N–H and O–H groups in total. The van der Waals surface area contributed by atoms with Crippen molar-refractivity contribution in [3.63, 3.8) is 0 Å². The fourth-order valence-electron chi connectivity index (χ4n) is 7.49. The average Bonchev–Trinajstić information content (AvgIpc) is 3.13. The van der Waals surface area contributed by atoms with E-state index in [0.29, 0.717) is 30.2 Å². The number of nitrogens with one attached hydrogen (secondary N) is 3.